The first kappa shape index (κ1) is 13.0. The molecule has 0 saturated heterocycles. The predicted octanol–water partition coefficient (Wildman–Crippen LogP) is 1.96. The maximum absolute atomic E-state index is 12.1. The van der Waals surface area contributed by atoms with Crippen molar-refractivity contribution in [2.24, 2.45) is 0 Å². The van der Waals surface area contributed by atoms with Gasteiger partial charge in [-0.15, -0.1) is 11.8 Å². The summed E-state index contributed by atoms with van der Waals surface area (Å²) in [7, 11) is 0. The third-order valence-electron chi connectivity index (χ3n) is 3.60. The second kappa shape index (κ2) is 5.97. The zero-order valence-electron chi connectivity index (χ0n) is 11.0. The van der Waals surface area contributed by atoms with Crippen LogP contribution in [0.5, 0.6) is 0 Å². The van der Waals surface area contributed by atoms with Gasteiger partial charge in [-0.05, 0) is 43.9 Å². The van der Waals surface area contributed by atoms with Crippen LogP contribution in [0.3, 0.4) is 0 Å². The number of amides is 1. The van der Waals surface area contributed by atoms with Crippen molar-refractivity contribution in [1.29, 1.82) is 0 Å². The van der Waals surface area contributed by atoms with Crippen LogP contribution in [0, 0.1) is 0 Å². The fourth-order valence-corrected chi connectivity index (χ4v) is 3.56. The lowest BCUT2D eigenvalue weighted by atomic mass is 10.1. The van der Waals surface area contributed by atoms with Crippen molar-refractivity contribution in [2.45, 2.75) is 41.9 Å². The molecule has 0 bridgehead atoms. The first-order valence-electron chi connectivity index (χ1n) is 7.08. The van der Waals surface area contributed by atoms with Gasteiger partial charge in [0.25, 0.3) is 0 Å². The number of carbonyl (C=O) groups excluding carboxylic acids is 1. The molecule has 19 heavy (non-hydrogen) atoms. The van der Waals surface area contributed by atoms with Gasteiger partial charge in [0.15, 0.2) is 0 Å². The Balaban J connectivity index is 1.37. The summed E-state index contributed by atoms with van der Waals surface area (Å²) < 4.78 is 0. The van der Waals surface area contributed by atoms with Crippen LogP contribution in [0.25, 0.3) is 0 Å². The highest BCUT2D eigenvalue weighted by atomic mass is 32.2. The van der Waals surface area contributed by atoms with Crippen molar-refractivity contribution in [3.8, 4) is 0 Å². The first-order valence-corrected chi connectivity index (χ1v) is 7.96. The Morgan fingerprint density at radius 3 is 2.89 bits per heavy atom. The summed E-state index contributed by atoms with van der Waals surface area (Å²) in [4.78, 5) is 13.3. The third kappa shape index (κ3) is 3.51. The number of benzene rings is 1. The molecule has 4 heteroatoms. The van der Waals surface area contributed by atoms with E-state index in [4.69, 9.17) is 0 Å². The lowest BCUT2D eigenvalue weighted by molar-refractivity contribution is -0.120. The van der Waals surface area contributed by atoms with Gasteiger partial charge in [0.05, 0.1) is 5.25 Å². The van der Waals surface area contributed by atoms with Crippen LogP contribution in [0.1, 0.15) is 24.8 Å². The molecule has 1 aromatic rings. The van der Waals surface area contributed by atoms with Crippen LogP contribution in [0.15, 0.2) is 29.2 Å². The first-order chi connectivity index (χ1) is 9.33. The van der Waals surface area contributed by atoms with Gasteiger partial charge in [-0.1, -0.05) is 18.2 Å². The highest BCUT2D eigenvalue weighted by Gasteiger charge is 2.27. The van der Waals surface area contributed by atoms with Crippen LogP contribution < -0.4 is 10.6 Å². The van der Waals surface area contributed by atoms with E-state index >= 15 is 0 Å². The number of nitrogens with one attached hydrogen (secondary N) is 2. The number of carbonyl (C=O) groups is 1. The Kier molecular flexibility index (Phi) is 4.09. The smallest absolute Gasteiger partial charge is 0.233 e. The molecular formula is C15H20N2OS. The van der Waals surface area contributed by atoms with E-state index in [9.17, 15) is 4.79 Å². The van der Waals surface area contributed by atoms with Crippen molar-refractivity contribution in [2.75, 3.05) is 13.1 Å². The number of fused-ring (bicyclic) bond motifs is 1. The minimum absolute atomic E-state index is 0.0637. The molecule has 2 aliphatic rings. The van der Waals surface area contributed by atoms with Crippen LogP contribution in [-0.4, -0.2) is 30.3 Å². The van der Waals surface area contributed by atoms with Gasteiger partial charge in [0, 0.05) is 17.5 Å². The summed E-state index contributed by atoms with van der Waals surface area (Å²) in [5.41, 5.74) is 1.31. The summed E-state index contributed by atoms with van der Waals surface area (Å²) in [5.74, 6) is 0.188. The highest BCUT2D eigenvalue weighted by molar-refractivity contribution is 8.01. The molecular weight excluding hydrogens is 256 g/mol. The van der Waals surface area contributed by atoms with E-state index in [1.165, 1.54) is 23.3 Å². The second-order valence-electron chi connectivity index (χ2n) is 5.29. The second-order valence-corrected chi connectivity index (χ2v) is 6.54. The summed E-state index contributed by atoms with van der Waals surface area (Å²) in [6.07, 6.45) is 4.53. The molecule has 1 fully saturated rings. The van der Waals surface area contributed by atoms with E-state index in [1.807, 2.05) is 12.1 Å². The lowest BCUT2D eigenvalue weighted by Gasteiger charge is -2.10. The van der Waals surface area contributed by atoms with Crippen molar-refractivity contribution < 1.29 is 4.79 Å². The zero-order chi connectivity index (χ0) is 13.1. The molecule has 0 spiro atoms. The van der Waals surface area contributed by atoms with Crippen LogP contribution in [0.4, 0.5) is 0 Å². The summed E-state index contributed by atoms with van der Waals surface area (Å²) in [6.45, 7) is 1.80. The molecule has 2 N–H and O–H groups in total. The standard InChI is InChI=1S/C15H20N2OS/c18-15(17-9-3-8-16-12-6-7-12)14-10-11-4-1-2-5-13(11)19-14/h1-2,4-5,12,14,16H,3,6-10H2,(H,17,18). The average molecular weight is 276 g/mol. The van der Waals surface area contributed by atoms with E-state index in [0.29, 0.717) is 0 Å². The zero-order valence-corrected chi connectivity index (χ0v) is 11.8. The Morgan fingerprint density at radius 1 is 1.26 bits per heavy atom. The molecule has 1 saturated carbocycles. The number of rotatable bonds is 6. The molecule has 1 heterocycles. The molecule has 1 aliphatic heterocycles. The van der Waals surface area contributed by atoms with Gasteiger partial charge in [0.2, 0.25) is 5.91 Å². The van der Waals surface area contributed by atoms with Crippen LogP contribution >= 0.6 is 11.8 Å². The molecule has 3 rings (SSSR count). The number of hydrogen-bond donors (Lipinski definition) is 2. The Hall–Kier alpha value is -1.00. The highest BCUT2D eigenvalue weighted by Crippen LogP contribution is 2.36. The minimum Gasteiger partial charge on any atom is -0.355 e. The predicted molar refractivity (Wildman–Crippen MR) is 78.4 cm³/mol. The van der Waals surface area contributed by atoms with Crippen molar-refractivity contribution in [1.82, 2.24) is 10.6 Å². The topological polar surface area (TPSA) is 41.1 Å². The van der Waals surface area contributed by atoms with E-state index in [1.54, 1.807) is 11.8 Å². The maximum atomic E-state index is 12.1. The average Bonchev–Trinajstić information content (AvgIpc) is 3.14. The summed E-state index contributed by atoms with van der Waals surface area (Å²) >= 11 is 1.70. The Labute approximate surface area is 118 Å². The van der Waals surface area contributed by atoms with Gasteiger partial charge in [0.1, 0.15) is 0 Å². The SMILES string of the molecule is O=C(NCCCNC1CC1)C1Cc2ccccc2S1. The Morgan fingerprint density at radius 2 is 2.11 bits per heavy atom. The van der Waals surface area contributed by atoms with E-state index in [0.717, 1.165) is 32.0 Å². The van der Waals surface area contributed by atoms with E-state index < -0.39 is 0 Å². The van der Waals surface area contributed by atoms with Gasteiger partial charge in [-0.3, -0.25) is 4.79 Å². The third-order valence-corrected chi connectivity index (χ3v) is 4.92. The maximum Gasteiger partial charge on any atom is 0.233 e. The van der Waals surface area contributed by atoms with Crippen molar-refractivity contribution in [3.05, 3.63) is 29.8 Å². The molecule has 1 amide bonds. The molecule has 1 aliphatic carbocycles. The largest absolute Gasteiger partial charge is 0.355 e. The van der Waals surface area contributed by atoms with Crippen molar-refractivity contribution in [3.63, 3.8) is 0 Å². The lowest BCUT2D eigenvalue weighted by Crippen LogP contribution is -2.34. The van der Waals surface area contributed by atoms with Gasteiger partial charge < -0.3 is 10.6 Å². The fraction of sp³-hybridized carbons (Fsp3) is 0.533. The van der Waals surface area contributed by atoms with Crippen LogP contribution in [0.2, 0.25) is 0 Å². The summed E-state index contributed by atoms with van der Waals surface area (Å²) in [5, 5.41) is 6.58. The molecule has 1 unspecified atom stereocenters. The summed E-state index contributed by atoms with van der Waals surface area (Å²) in [6, 6.07) is 9.07. The quantitative estimate of drug-likeness (QED) is 0.781. The number of hydrogen-bond acceptors (Lipinski definition) is 3. The Bertz CT molecular complexity index is 434. The molecule has 1 atom stereocenters. The van der Waals surface area contributed by atoms with E-state index in [-0.39, 0.29) is 11.2 Å². The van der Waals surface area contributed by atoms with Gasteiger partial charge >= 0.3 is 0 Å². The minimum atomic E-state index is 0.0637. The molecule has 3 nitrogen and oxygen atoms in total. The molecule has 102 valence electrons. The number of thioether (sulfide) groups is 1. The monoisotopic (exact) mass is 276 g/mol. The van der Waals surface area contributed by atoms with Gasteiger partial charge in [-0.25, -0.2) is 0 Å². The van der Waals surface area contributed by atoms with E-state index in [2.05, 4.69) is 22.8 Å². The van der Waals surface area contributed by atoms with Gasteiger partial charge in [-0.2, -0.15) is 0 Å². The normalized spacial score (nSPS) is 21.2. The fourth-order valence-electron chi connectivity index (χ4n) is 2.34. The molecule has 0 aromatic heterocycles. The van der Waals surface area contributed by atoms with Crippen molar-refractivity contribution >= 4 is 17.7 Å². The molecule has 0 radical (unpaired) electrons. The van der Waals surface area contributed by atoms with Crippen LogP contribution in [-0.2, 0) is 11.2 Å². The molecule has 1 aromatic carbocycles.